The molecule has 0 bridgehead atoms. The second-order valence-electron chi connectivity index (χ2n) is 9.79. The summed E-state index contributed by atoms with van der Waals surface area (Å²) in [7, 11) is 0. The van der Waals surface area contributed by atoms with E-state index >= 15 is 0 Å². The highest BCUT2D eigenvalue weighted by molar-refractivity contribution is 5.96. The summed E-state index contributed by atoms with van der Waals surface area (Å²) in [6, 6.07) is 4.08. The highest BCUT2D eigenvalue weighted by Crippen LogP contribution is 2.16. The number of carbonyl (C=O) groups excluding carboxylic acids is 3. The minimum atomic E-state index is -1.81. The van der Waals surface area contributed by atoms with Crippen LogP contribution in [0.5, 0.6) is 0 Å². The Labute approximate surface area is 229 Å². The normalized spacial score (nSPS) is 12.4. The fraction of sp³-hybridized carbons (Fsp3) is 0.407. The Morgan fingerprint density at radius 1 is 0.975 bits per heavy atom. The Kier molecular flexibility index (Phi) is 11.4. The molecular weight excluding hydrogens is 534 g/mol. The zero-order valence-corrected chi connectivity index (χ0v) is 22.5. The van der Waals surface area contributed by atoms with Crippen LogP contribution in [0.25, 0.3) is 0 Å². The topological polar surface area (TPSA) is 135 Å². The molecule has 0 aliphatic heterocycles. The maximum Gasteiger partial charge on any atom is 0.408 e. The van der Waals surface area contributed by atoms with Crippen LogP contribution in [0.4, 0.5) is 28.0 Å². The third-order valence-electron chi connectivity index (χ3n) is 5.12. The number of nitrogens with two attached hydrogens (primary N) is 1. The van der Waals surface area contributed by atoms with Crippen LogP contribution in [-0.2, 0) is 14.3 Å². The molecule has 0 aliphatic carbocycles. The Morgan fingerprint density at radius 2 is 1.57 bits per heavy atom. The first-order valence-electron chi connectivity index (χ1n) is 12.3. The van der Waals surface area contributed by atoms with Crippen LogP contribution >= 0.6 is 0 Å². The van der Waals surface area contributed by atoms with Crippen molar-refractivity contribution in [2.75, 3.05) is 11.9 Å². The third-order valence-corrected chi connectivity index (χ3v) is 5.12. The highest BCUT2D eigenvalue weighted by Gasteiger charge is 2.24. The van der Waals surface area contributed by atoms with Crippen LogP contribution in [0.2, 0.25) is 0 Å². The number of benzene rings is 1. The van der Waals surface area contributed by atoms with Crippen molar-refractivity contribution in [3.8, 4) is 11.8 Å². The van der Waals surface area contributed by atoms with E-state index in [1.165, 1.54) is 24.3 Å². The minimum Gasteiger partial charge on any atom is -0.444 e. The van der Waals surface area contributed by atoms with Crippen molar-refractivity contribution in [3.05, 3.63) is 58.9 Å². The predicted molar refractivity (Wildman–Crippen MR) is 139 cm³/mol. The molecule has 5 N–H and O–H groups in total. The molecular formula is C27H31F4N5O4. The number of nitrogens with zero attached hydrogens (tertiary/aromatic N) is 1. The van der Waals surface area contributed by atoms with Gasteiger partial charge in [0.1, 0.15) is 17.2 Å². The number of nitrogens with one attached hydrogen (secondary N) is 3. The predicted octanol–water partition coefficient (Wildman–Crippen LogP) is 3.50. The zero-order chi connectivity index (χ0) is 30.0. The monoisotopic (exact) mass is 565 g/mol. The van der Waals surface area contributed by atoms with Gasteiger partial charge in [0, 0.05) is 17.8 Å². The number of amides is 3. The Balaban J connectivity index is 2.08. The Hall–Kier alpha value is -4.18. The van der Waals surface area contributed by atoms with Crippen molar-refractivity contribution in [2.24, 2.45) is 5.73 Å². The first-order chi connectivity index (χ1) is 18.7. The first kappa shape index (κ1) is 32.0. The van der Waals surface area contributed by atoms with Gasteiger partial charge in [0.25, 0.3) is 11.9 Å². The maximum atomic E-state index is 13.8. The van der Waals surface area contributed by atoms with Gasteiger partial charge in [-0.1, -0.05) is 11.8 Å². The van der Waals surface area contributed by atoms with Gasteiger partial charge in [-0.25, -0.2) is 13.6 Å². The van der Waals surface area contributed by atoms with Crippen LogP contribution in [0.3, 0.4) is 0 Å². The van der Waals surface area contributed by atoms with Crippen LogP contribution in [0.1, 0.15) is 58.1 Å². The first-order valence-corrected chi connectivity index (χ1v) is 12.3. The number of hydrogen-bond donors (Lipinski definition) is 4. The van der Waals surface area contributed by atoms with Crippen molar-refractivity contribution in [1.82, 2.24) is 15.6 Å². The van der Waals surface area contributed by atoms with E-state index in [-0.39, 0.29) is 17.9 Å². The number of rotatable bonds is 9. The molecule has 2 aromatic rings. The van der Waals surface area contributed by atoms with E-state index < -0.39 is 58.8 Å². The van der Waals surface area contributed by atoms with Gasteiger partial charge in [-0.05, 0) is 71.2 Å². The molecule has 3 amide bonds. The van der Waals surface area contributed by atoms with E-state index in [4.69, 9.17) is 10.5 Å². The van der Waals surface area contributed by atoms with Gasteiger partial charge in [0.15, 0.2) is 11.6 Å². The van der Waals surface area contributed by atoms with Crippen molar-refractivity contribution in [2.45, 2.75) is 64.6 Å². The SMILES string of the molecule is C[C@H](N)C(=O)NCCCC[C@H](NC(=O)OC(C)(C)C)C(=O)Nc1ccc(C#Cc2c(F)c(F)nc(F)c2F)cc1. The lowest BCUT2D eigenvalue weighted by Gasteiger charge is -2.23. The van der Waals surface area contributed by atoms with Gasteiger partial charge in [0.2, 0.25) is 11.8 Å². The van der Waals surface area contributed by atoms with Crippen LogP contribution in [-0.4, -0.2) is 47.1 Å². The summed E-state index contributed by atoms with van der Waals surface area (Å²) in [5.41, 5.74) is 4.15. The fourth-order valence-corrected chi connectivity index (χ4v) is 3.16. The highest BCUT2D eigenvalue weighted by atomic mass is 19.2. The molecule has 9 nitrogen and oxygen atoms in total. The van der Waals surface area contributed by atoms with E-state index in [1.807, 2.05) is 5.92 Å². The summed E-state index contributed by atoms with van der Waals surface area (Å²) in [4.78, 5) is 39.3. The smallest absolute Gasteiger partial charge is 0.408 e. The van der Waals surface area contributed by atoms with Crippen LogP contribution in [0, 0.1) is 35.4 Å². The van der Waals surface area contributed by atoms with Gasteiger partial charge in [-0.15, -0.1) is 0 Å². The molecule has 0 spiro atoms. The number of anilines is 1. The molecule has 1 heterocycles. The average Bonchev–Trinajstić information content (AvgIpc) is 2.86. The molecule has 1 aromatic heterocycles. The summed E-state index contributed by atoms with van der Waals surface area (Å²) in [5.74, 6) is -3.47. The lowest BCUT2D eigenvalue weighted by molar-refractivity contribution is -0.122. The van der Waals surface area contributed by atoms with Gasteiger partial charge < -0.3 is 26.4 Å². The van der Waals surface area contributed by atoms with Gasteiger partial charge in [-0.3, -0.25) is 9.59 Å². The summed E-state index contributed by atoms with van der Waals surface area (Å²) in [6.45, 7) is 6.94. The van der Waals surface area contributed by atoms with Gasteiger partial charge in [-0.2, -0.15) is 13.8 Å². The number of carbonyl (C=O) groups is 3. The Morgan fingerprint density at radius 3 is 2.12 bits per heavy atom. The number of aromatic nitrogens is 1. The van der Waals surface area contributed by atoms with Crippen molar-refractivity contribution in [3.63, 3.8) is 0 Å². The number of halogens is 4. The van der Waals surface area contributed by atoms with Gasteiger partial charge in [0.05, 0.1) is 6.04 Å². The van der Waals surface area contributed by atoms with E-state index in [2.05, 4.69) is 26.9 Å². The van der Waals surface area contributed by atoms with E-state index in [9.17, 15) is 31.9 Å². The summed E-state index contributed by atoms with van der Waals surface area (Å²) in [5, 5.41) is 7.85. The zero-order valence-electron chi connectivity index (χ0n) is 22.5. The molecule has 216 valence electrons. The van der Waals surface area contributed by atoms with E-state index in [0.717, 1.165) is 0 Å². The molecule has 0 radical (unpaired) electrons. The van der Waals surface area contributed by atoms with Crippen molar-refractivity contribution < 1.29 is 36.7 Å². The second kappa shape index (κ2) is 14.3. The summed E-state index contributed by atoms with van der Waals surface area (Å²) in [6.07, 6.45) is 0.453. The molecule has 0 saturated heterocycles. The number of pyridine rings is 1. The number of hydrogen-bond acceptors (Lipinski definition) is 6. The lowest BCUT2D eigenvalue weighted by atomic mass is 10.1. The summed E-state index contributed by atoms with van der Waals surface area (Å²) < 4.78 is 59.3. The minimum absolute atomic E-state index is 0.228. The lowest BCUT2D eigenvalue weighted by Crippen LogP contribution is -2.46. The molecule has 1 aromatic carbocycles. The molecule has 2 atom stereocenters. The number of unbranched alkanes of at least 4 members (excludes halogenated alkanes) is 1. The van der Waals surface area contributed by atoms with E-state index in [1.54, 1.807) is 27.7 Å². The van der Waals surface area contributed by atoms with Crippen molar-refractivity contribution >= 4 is 23.6 Å². The Bertz CT molecular complexity index is 1260. The van der Waals surface area contributed by atoms with Crippen LogP contribution in [0.15, 0.2) is 24.3 Å². The molecule has 0 aliphatic rings. The van der Waals surface area contributed by atoms with Crippen LogP contribution < -0.4 is 21.7 Å². The third kappa shape index (κ3) is 10.2. The number of ether oxygens (including phenoxy) is 1. The van der Waals surface area contributed by atoms with Crippen molar-refractivity contribution in [1.29, 1.82) is 0 Å². The molecule has 2 rings (SSSR count). The maximum absolute atomic E-state index is 13.8. The molecule has 0 saturated carbocycles. The summed E-state index contributed by atoms with van der Waals surface area (Å²) >= 11 is 0. The standard InChI is InChI=1S/C27H31F4N5O4/c1-15(32)24(37)33-14-6-5-7-19(35-26(39)40-27(2,3)4)25(38)34-17-11-8-16(9-12-17)10-13-18-20(28)22(30)36-23(31)21(18)29/h8-9,11-12,15,19H,5-7,14,32H2,1-4H3,(H,33,37)(H,34,38)(H,35,39)/t15-,19-/m0/s1. The number of alkyl carbamates (subject to hydrolysis) is 1. The molecule has 0 unspecified atom stereocenters. The second-order valence-corrected chi connectivity index (χ2v) is 9.79. The van der Waals surface area contributed by atoms with E-state index in [0.29, 0.717) is 25.1 Å². The largest absolute Gasteiger partial charge is 0.444 e. The quantitative estimate of drug-likeness (QED) is 0.159. The molecule has 0 fully saturated rings. The fourth-order valence-electron chi connectivity index (χ4n) is 3.16. The molecule has 13 heteroatoms. The van der Waals surface area contributed by atoms with Gasteiger partial charge >= 0.3 is 6.09 Å². The molecule has 40 heavy (non-hydrogen) atoms. The average molecular weight is 566 g/mol.